The number of benzene rings is 1. The molecule has 1 atom stereocenters. The van der Waals surface area contributed by atoms with E-state index in [1.54, 1.807) is 27.5 Å². The van der Waals surface area contributed by atoms with Crippen LogP contribution in [0, 0.1) is 0 Å². The minimum Gasteiger partial charge on any atom is -0.493 e. The van der Waals surface area contributed by atoms with Gasteiger partial charge in [-0.1, -0.05) is 11.2 Å². The number of methoxy groups -OCH3 is 3. The topological polar surface area (TPSA) is 82.7 Å². The molecule has 2 aromatic heterocycles. The number of hydrogen-bond donors (Lipinski definition) is 0. The number of pyridine rings is 1. The Hall–Kier alpha value is -3.13. The van der Waals surface area contributed by atoms with Crippen LogP contribution in [0.15, 0.2) is 41.1 Å². The second kappa shape index (κ2) is 8.48. The van der Waals surface area contributed by atoms with E-state index in [-0.39, 0.29) is 6.10 Å². The van der Waals surface area contributed by atoms with Crippen LogP contribution in [0.4, 0.5) is 5.82 Å². The molecule has 8 nitrogen and oxygen atoms in total. The maximum absolute atomic E-state index is 5.49. The van der Waals surface area contributed by atoms with Crippen LogP contribution < -0.4 is 14.4 Å². The lowest BCUT2D eigenvalue weighted by Crippen LogP contribution is -2.39. The highest BCUT2D eigenvalue weighted by Crippen LogP contribution is 2.37. The van der Waals surface area contributed by atoms with Gasteiger partial charge in [-0.2, -0.15) is 4.98 Å². The van der Waals surface area contributed by atoms with Crippen LogP contribution in [0.2, 0.25) is 0 Å². The normalized spacial score (nSPS) is 16.7. The van der Waals surface area contributed by atoms with E-state index in [2.05, 4.69) is 20.0 Å². The van der Waals surface area contributed by atoms with E-state index in [4.69, 9.17) is 18.7 Å². The Morgan fingerprint density at radius 3 is 2.72 bits per heavy atom. The molecule has 0 saturated carbocycles. The van der Waals surface area contributed by atoms with Crippen LogP contribution in [0.3, 0.4) is 0 Å². The Labute approximate surface area is 169 Å². The molecule has 1 aliphatic rings. The number of ether oxygens (including phenoxy) is 3. The molecule has 0 bridgehead atoms. The zero-order valence-corrected chi connectivity index (χ0v) is 16.8. The van der Waals surface area contributed by atoms with Crippen molar-refractivity contribution in [1.29, 1.82) is 0 Å². The second-order valence-electron chi connectivity index (χ2n) is 6.82. The molecule has 29 heavy (non-hydrogen) atoms. The molecule has 3 aromatic rings. The number of nitrogens with zero attached hydrogens (tertiary/aromatic N) is 4. The zero-order valence-electron chi connectivity index (χ0n) is 16.8. The minimum absolute atomic E-state index is 0.251. The van der Waals surface area contributed by atoms with Crippen molar-refractivity contribution in [2.24, 2.45) is 0 Å². The fraction of sp³-hybridized carbons (Fsp3) is 0.381. The first-order chi connectivity index (χ1) is 14.2. The predicted molar refractivity (Wildman–Crippen MR) is 108 cm³/mol. The quantitative estimate of drug-likeness (QED) is 0.627. The average molecular weight is 396 g/mol. The van der Waals surface area contributed by atoms with Crippen molar-refractivity contribution in [3.05, 3.63) is 36.5 Å². The minimum atomic E-state index is 0.251. The standard InChI is InChI=1S/C21H24N4O4/c1-26-15-6-5-11-25(13-15)18-10-9-14(12-22-18)21-23-20(24-29-21)16-7-4-8-17(27-2)19(16)28-3/h4,7-10,12,15H,5-6,11,13H2,1-3H3/t15-/m0/s1. The Kier molecular flexibility index (Phi) is 5.62. The fourth-order valence-electron chi connectivity index (χ4n) is 3.55. The van der Waals surface area contributed by atoms with Crippen molar-refractivity contribution in [2.45, 2.75) is 18.9 Å². The molecular weight excluding hydrogens is 372 g/mol. The Balaban J connectivity index is 1.56. The summed E-state index contributed by atoms with van der Waals surface area (Å²) in [5.41, 5.74) is 1.46. The van der Waals surface area contributed by atoms with Crippen LogP contribution >= 0.6 is 0 Å². The number of rotatable bonds is 6. The Morgan fingerprint density at radius 2 is 2.00 bits per heavy atom. The summed E-state index contributed by atoms with van der Waals surface area (Å²) in [5, 5.41) is 4.10. The molecule has 1 fully saturated rings. The number of piperidine rings is 1. The third-order valence-corrected chi connectivity index (χ3v) is 5.10. The summed E-state index contributed by atoms with van der Waals surface area (Å²) < 4.78 is 21.8. The van der Waals surface area contributed by atoms with E-state index in [0.29, 0.717) is 28.8 Å². The highest BCUT2D eigenvalue weighted by atomic mass is 16.5. The lowest BCUT2D eigenvalue weighted by molar-refractivity contribution is 0.0891. The van der Waals surface area contributed by atoms with Crippen molar-refractivity contribution in [2.75, 3.05) is 39.3 Å². The lowest BCUT2D eigenvalue weighted by Gasteiger charge is -2.32. The molecule has 0 radical (unpaired) electrons. The van der Waals surface area contributed by atoms with E-state index in [0.717, 1.165) is 37.3 Å². The lowest BCUT2D eigenvalue weighted by atomic mass is 10.1. The second-order valence-corrected chi connectivity index (χ2v) is 6.82. The molecule has 152 valence electrons. The van der Waals surface area contributed by atoms with Gasteiger partial charge in [-0.25, -0.2) is 4.98 Å². The van der Waals surface area contributed by atoms with Gasteiger partial charge in [0.25, 0.3) is 5.89 Å². The first-order valence-corrected chi connectivity index (χ1v) is 9.52. The first kappa shape index (κ1) is 19.2. The van der Waals surface area contributed by atoms with Gasteiger partial charge in [0.15, 0.2) is 11.5 Å². The molecule has 1 saturated heterocycles. The number of aromatic nitrogens is 3. The van der Waals surface area contributed by atoms with Gasteiger partial charge in [0.05, 0.1) is 31.5 Å². The molecule has 8 heteroatoms. The van der Waals surface area contributed by atoms with Crippen molar-refractivity contribution in [1.82, 2.24) is 15.1 Å². The van der Waals surface area contributed by atoms with Crippen LogP contribution in [0.25, 0.3) is 22.8 Å². The largest absolute Gasteiger partial charge is 0.493 e. The Morgan fingerprint density at radius 1 is 1.10 bits per heavy atom. The number of anilines is 1. The Bertz CT molecular complexity index is 958. The van der Waals surface area contributed by atoms with Crippen molar-refractivity contribution in [3.63, 3.8) is 0 Å². The van der Waals surface area contributed by atoms with Crippen LogP contribution in [-0.4, -0.2) is 55.6 Å². The average Bonchev–Trinajstić information content (AvgIpc) is 3.28. The highest BCUT2D eigenvalue weighted by Gasteiger charge is 2.21. The predicted octanol–water partition coefficient (Wildman–Crippen LogP) is 3.43. The molecular formula is C21H24N4O4. The van der Waals surface area contributed by atoms with Crippen LogP contribution in [-0.2, 0) is 4.74 Å². The zero-order chi connectivity index (χ0) is 20.2. The molecule has 0 N–H and O–H groups in total. The summed E-state index contributed by atoms with van der Waals surface area (Å²) in [6, 6.07) is 9.46. The van der Waals surface area contributed by atoms with E-state index < -0.39 is 0 Å². The van der Waals surface area contributed by atoms with E-state index >= 15 is 0 Å². The summed E-state index contributed by atoms with van der Waals surface area (Å²) in [5.74, 6) is 2.92. The van der Waals surface area contributed by atoms with Gasteiger partial charge in [0.2, 0.25) is 5.82 Å². The van der Waals surface area contributed by atoms with Crippen LogP contribution in [0.1, 0.15) is 12.8 Å². The van der Waals surface area contributed by atoms with Gasteiger partial charge in [-0.05, 0) is 37.1 Å². The molecule has 1 aromatic carbocycles. The molecule has 0 unspecified atom stereocenters. The van der Waals surface area contributed by atoms with Gasteiger partial charge in [0.1, 0.15) is 5.82 Å². The van der Waals surface area contributed by atoms with Crippen molar-refractivity contribution < 1.29 is 18.7 Å². The summed E-state index contributed by atoms with van der Waals surface area (Å²) in [4.78, 5) is 11.3. The summed E-state index contributed by atoms with van der Waals surface area (Å²) in [7, 11) is 4.93. The van der Waals surface area contributed by atoms with Gasteiger partial charge < -0.3 is 23.6 Å². The smallest absolute Gasteiger partial charge is 0.259 e. The highest BCUT2D eigenvalue weighted by molar-refractivity contribution is 5.69. The van der Waals surface area contributed by atoms with Gasteiger partial charge in [0, 0.05) is 26.4 Å². The number of para-hydroxylation sites is 1. The number of hydrogen-bond acceptors (Lipinski definition) is 8. The van der Waals surface area contributed by atoms with E-state index in [9.17, 15) is 0 Å². The molecule has 1 aliphatic heterocycles. The molecule has 4 rings (SSSR count). The third-order valence-electron chi connectivity index (χ3n) is 5.10. The summed E-state index contributed by atoms with van der Waals surface area (Å²) >= 11 is 0. The molecule has 0 aliphatic carbocycles. The third kappa shape index (κ3) is 3.88. The van der Waals surface area contributed by atoms with E-state index in [1.807, 2.05) is 30.3 Å². The maximum Gasteiger partial charge on any atom is 0.259 e. The summed E-state index contributed by atoms with van der Waals surface area (Å²) in [6.07, 6.45) is 4.19. The van der Waals surface area contributed by atoms with Crippen LogP contribution in [0.5, 0.6) is 11.5 Å². The maximum atomic E-state index is 5.49. The monoisotopic (exact) mass is 396 g/mol. The van der Waals surface area contributed by atoms with Gasteiger partial charge in [-0.3, -0.25) is 0 Å². The van der Waals surface area contributed by atoms with Crippen molar-refractivity contribution in [3.8, 4) is 34.3 Å². The molecule has 3 heterocycles. The van der Waals surface area contributed by atoms with Gasteiger partial charge >= 0.3 is 0 Å². The SMILES string of the molecule is COc1cccc(-c2noc(-c3ccc(N4CCC[C@H](OC)C4)nc3)n2)c1OC. The summed E-state index contributed by atoms with van der Waals surface area (Å²) in [6.45, 7) is 1.83. The van der Waals surface area contributed by atoms with Gasteiger partial charge in [-0.15, -0.1) is 0 Å². The molecule has 0 amide bonds. The van der Waals surface area contributed by atoms with Crippen molar-refractivity contribution >= 4 is 5.82 Å². The van der Waals surface area contributed by atoms with E-state index in [1.165, 1.54) is 0 Å². The molecule has 0 spiro atoms. The first-order valence-electron chi connectivity index (χ1n) is 9.52. The fourth-order valence-corrected chi connectivity index (χ4v) is 3.55.